The maximum atomic E-state index is 12.4. The van der Waals surface area contributed by atoms with E-state index in [1.807, 2.05) is 31.4 Å². The lowest BCUT2D eigenvalue weighted by Crippen LogP contribution is -2.31. The van der Waals surface area contributed by atoms with Gasteiger partial charge in [-0.15, -0.1) is 11.8 Å². The van der Waals surface area contributed by atoms with Crippen LogP contribution in [0.2, 0.25) is 5.02 Å². The number of benzene rings is 2. The normalized spacial score (nSPS) is 13.9. The summed E-state index contributed by atoms with van der Waals surface area (Å²) in [6.07, 6.45) is 1.95. The van der Waals surface area contributed by atoms with Crippen molar-refractivity contribution in [2.75, 3.05) is 24.8 Å². The van der Waals surface area contributed by atoms with Gasteiger partial charge in [0, 0.05) is 16.0 Å². The zero-order valence-electron chi connectivity index (χ0n) is 14.0. The first-order chi connectivity index (χ1) is 12.1. The Morgan fingerprint density at radius 2 is 1.80 bits per heavy atom. The molecular formula is C18H19ClN2O3S. The molecule has 0 fully saturated rings. The molecule has 2 amide bonds. The van der Waals surface area contributed by atoms with Gasteiger partial charge in [0.05, 0.1) is 11.7 Å². The topological polar surface area (TPSA) is 59.6 Å². The van der Waals surface area contributed by atoms with Crippen molar-refractivity contribution >= 4 is 35.1 Å². The summed E-state index contributed by atoms with van der Waals surface area (Å²) in [4.78, 5) is 13.3. The molecule has 132 valence electrons. The zero-order valence-corrected chi connectivity index (χ0v) is 15.5. The summed E-state index contributed by atoms with van der Waals surface area (Å²) < 4.78 is 11.2. The van der Waals surface area contributed by atoms with Crippen molar-refractivity contribution in [1.29, 1.82) is 0 Å². The molecular weight excluding hydrogens is 360 g/mol. The van der Waals surface area contributed by atoms with Gasteiger partial charge in [0.2, 0.25) is 0 Å². The predicted molar refractivity (Wildman–Crippen MR) is 101 cm³/mol. The van der Waals surface area contributed by atoms with Crippen LogP contribution in [-0.2, 0) is 0 Å². The van der Waals surface area contributed by atoms with Crippen molar-refractivity contribution in [3.8, 4) is 11.5 Å². The Labute approximate surface area is 156 Å². The summed E-state index contributed by atoms with van der Waals surface area (Å²) in [6.45, 7) is 2.96. The number of hydrogen-bond donors (Lipinski definition) is 2. The minimum atomic E-state index is -0.283. The Hall–Kier alpha value is -2.05. The molecule has 3 rings (SSSR count). The third-order valence-corrected chi connectivity index (χ3v) is 4.86. The van der Waals surface area contributed by atoms with E-state index in [9.17, 15) is 4.79 Å². The van der Waals surface area contributed by atoms with E-state index in [1.165, 1.54) is 11.8 Å². The summed E-state index contributed by atoms with van der Waals surface area (Å²) in [5.74, 6) is 1.35. The fourth-order valence-electron chi connectivity index (χ4n) is 2.53. The van der Waals surface area contributed by atoms with Gasteiger partial charge >= 0.3 is 6.03 Å². The Morgan fingerprint density at radius 3 is 2.44 bits per heavy atom. The fourth-order valence-corrected chi connectivity index (χ4v) is 3.21. The molecule has 1 heterocycles. The Bertz CT molecular complexity index is 768. The van der Waals surface area contributed by atoms with Gasteiger partial charge in [-0.3, -0.25) is 0 Å². The van der Waals surface area contributed by atoms with E-state index in [-0.39, 0.29) is 12.1 Å². The van der Waals surface area contributed by atoms with Crippen molar-refractivity contribution < 1.29 is 14.3 Å². The van der Waals surface area contributed by atoms with E-state index in [4.69, 9.17) is 21.1 Å². The molecule has 0 radical (unpaired) electrons. The molecule has 1 atom stereocenters. The quantitative estimate of drug-likeness (QED) is 0.756. The maximum Gasteiger partial charge on any atom is 0.319 e. The minimum absolute atomic E-state index is 0.146. The number of halogens is 1. The highest BCUT2D eigenvalue weighted by Gasteiger charge is 2.17. The molecule has 1 aliphatic rings. The molecule has 0 bridgehead atoms. The van der Waals surface area contributed by atoms with Crippen LogP contribution >= 0.6 is 23.4 Å². The number of amides is 2. The Balaban J connectivity index is 1.70. The Morgan fingerprint density at radius 1 is 1.16 bits per heavy atom. The SMILES string of the molecule is CSc1cc2c(cc1NC(=O)NC(C)c1ccc(Cl)cc1)OCCO2. The second-order valence-electron chi connectivity index (χ2n) is 5.57. The summed E-state index contributed by atoms with van der Waals surface area (Å²) in [6, 6.07) is 10.7. The van der Waals surface area contributed by atoms with E-state index < -0.39 is 0 Å². The van der Waals surface area contributed by atoms with Crippen LogP contribution in [0.5, 0.6) is 11.5 Å². The number of hydrogen-bond acceptors (Lipinski definition) is 4. The predicted octanol–water partition coefficient (Wildman–Crippen LogP) is 4.72. The van der Waals surface area contributed by atoms with Crippen LogP contribution in [0.3, 0.4) is 0 Å². The first-order valence-corrected chi connectivity index (χ1v) is 9.47. The average molecular weight is 379 g/mol. The molecule has 1 unspecified atom stereocenters. The van der Waals surface area contributed by atoms with E-state index >= 15 is 0 Å². The molecule has 0 aliphatic carbocycles. The van der Waals surface area contributed by atoms with Crippen LogP contribution in [0.15, 0.2) is 41.3 Å². The highest BCUT2D eigenvalue weighted by Crippen LogP contribution is 2.39. The molecule has 25 heavy (non-hydrogen) atoms. The summed E-state index contributed by atoms with van der Waals surface area (Å²) in [5, 5.41) is 6.48. The number of thioether (sulfide) groups is 1. The summed E-state index contributed by atoms with van der Waals surface area (Å²) in [5.41, 5.74) is 1.67. The lowest BCUT2D eigenvalue weighted by atomic mass is 10.1. The van der Waals surface area contributed by atoms with Crippen molar-refractivity contribution in [3.63, 3.8) is 0 Å². The minimum Gasteiger partial charge on any atom is -0.486 e. The first-order valence-electron chi connectivity index (χ1n) is 7.87. The summed E-state index contributed by atoms with van der Waals surface area (Å²) >= 11 is 7.43. The van der Waals surface area contributed by atoms with Gasteiger partial charge in [0.25, 0.3) is 0 Å². The van der Waals surface area contributed by atoms with Gasteiger partial charge in [0.1, 0.15) is 13.2 Å². The highest BCUT2D eigenvalue weighted by molar-refractivity contribution is 7.98. The molecule has 7 heteroatoms. The largest absolute Gasteiger partial charge is 0.486 e. The molecule has 0 spiro atoms. The maximum absolute atomic E-state index is 12.4. The van der Waals surface area contributed by atoms with E-state index in [0.717, 1.165) is 10.5 Å². The smallest absolute Gasteiger partial charge is 0.319 e. The van der Waals surface area contributed by atoms with Gasteiger partial charge in [-0.2, -0.15) is 0 Å². The van der Waals surface area contributed by atoms with E-state index in [2.05, 4.69) is 10.6 Å². The van der Waals surface area contributed by atoms with E-state index in [1.54, 1.807) is 18.2 Å². The first kappa shape index (κ1) is 17.8. The number of carbonyl (C=O) groups is 1. The van der Waals surface area contributed by atoms with Crippen LogP contribution in [0, 0.1) is 0 Å². The number of anilines is 1. The van der Waals surface area contributed by atoms with Gasteiger partial charge < -0.3 is 20.1 Å². The van der Waals surface area contributed by atoms with Gasteiger partial charge in [0.15, 0.2) is 11.5 Å². The monoisotopic (exact) mass is 378 g/mol. The molecule has 1 aliphatic heterocycles. The van der Waals surface area contributed by atoms with Gasteiger partial charge in [-0.25, -0.2) is 4.79 Å². The molecule has 2 aromatic carbocycles. The molecule has 0 aromatic heterocycles. The van der Waals surface area contributed by atoms with Crippen LogP contribution in [-0.4, -0.2) is 25.5 Å². The van der Waals surface area contributed by atoms with Gasteiger partial charge in [-0.1, -0.05) is 23.7 Å². The van der Waals surface area contributed by atoms with Crippen LogP contribution < -0.4 is 20.1 Å². The van der Waals surface area contributed by atoms with Crippen LogP contribution in [0.4, 0.5) is 10.5 Å². The number of urea groups is 1. The second kappa shape index (κ2) is 7.89. The van der Waals surface area contributed by atoms with Crippen molar-refractivity contribution in [1.82, 2.24) is 5.32 Å². The standard InChI is InChI=1S/C18H19ClN2O3S/c1-11(12-3-5-13(19)6-4-12)20-18(22)21-14-9-15-16(10-17(14)25-2)24-8-7-23-15/h3-6,9-11H,7-8H2,1-2H3,(H2,20,21,22). The third-order valence-electron chi connectivity index (χ3n) is 3.83. The zero-order chi connectivity index (χ0) is 17.8. The number of ether oxygens (including phenoxy) is 2. The number of carbonyl (C=O) groups excluding carboxylic acids is 1. The number of nitrogens with one attached hydrogen (secondary N) is 2. The van der Waals surface area contributed by atoms with Crippen molar-refractivity contribution in [3.05, 3.63) is 47.0 Å². The average Bonchev–Trinajstić information content (AvgIpc) is 2.61. The fraction of sp³-hybridized carbons (Fsp3) is 0.278. The number of fused-ring (bicyclic) bond motifs is 1. The lowest BCUT2D eigenvalue weighted by molar-refractivity contribution is 0.171. The van der Waals surface area contributed by atoms with Crippen LogP contribution in [0.1, 0.15) is 18.5 Å². The van der Waals surface area contributed by atoms with Gasteiger partial charge in [-0.05, 0) is 36.9 Å². The Kier molecular flexibility index (Phi) is 5.60. The van der Waals surface area contributed by atoms with Crippen LogP contribution in [0.25, 0.3) is 0 Å². The van der Waals surface area contributed by atoms with E-state index in [0.29, 0.717) is 35.4 Å². The van der Waals surface area contributed by atoms with Crippen molar-refractivity contribution in [2.45, 2.75) is 17.9 Å². The van der Waals surface area contributed by atoms with Crippen molar-refractivity contribution in [2.24, 2.45) is 0 Å². The molecule has 5 nitrogen and oxygen atoms in total. The lowest BCUT2D eigenvalue weighted by Gasteiger charge is -2.21. The number of rotatable bonds is 4. The molecule has 0 saturated heterocycles. The highest BCUT2D eigenvalue weighted by atomic mass is 35.5. The third kappa shape index (κ3) is 4.32. The molecule has 0 saturated carbocycles. The molecule has 2 N–H and O–H groups in total. The summed E-state index contributed by atoms with van der Waals surface area (Å²) in [7, 11) is 0. The molecule has 2 aromatic rings. The second-order valence-corrected chi connectivity index (χ2v) is 6.85.